The average Bonchev–Trinajstić information content (AvgIpc) is 3.25. The third-order valence-corrected chi connectivity index (χ3v) is 5.53. The van der Waals surface area contributed by atoms with Crippen molar-refractivity contribution in [1.29, 1.82) is 0 Å². The third-order valence-electron chi connectivity index (χ3n) is 4.47. The van der Waals surface area contributed by atoms with Crippen molar-refractivity contribution in [1.82, 2.24) is 5.16 Å². The maximum absolute atomic E-state index is 12.7. The largest absolute Gasteiger partial charge is 0.495 e. The third kappa shape index (κ3) is 5.76. The van der Waals surface area contributed by atoms with Gasteiger partial charge in [0.1, 0.15) is 23.0 Å². The molecule has 0 atom stereocenters. The van der Waals surface area contributed by atoms with Gasteiger partial charge in [0.2, 0.25) is 0 Å². The molecular formula is C22H20F3NO5S. The summed E-state index contributed by atoms with van der Waals surface area (Å²) >= 11 is 1.44. The summed E-state index contributed by atoms with van der Waals surface area (Å²) in [6.45, 7) is 1.63. The molecule has 0 aliphatic rings. The summed E-state index contributed by atoms with van der Waals surface area (Å²) in [5.41, 5.74) is 1.06. The maximum Gasteiger partial charge on any atom is 0.416 e. The Morgan fingerprint density at radius 3 is 2.44 bits per heavy atom. The molecule has 1 aromatic heterocycles. The molecule has 0 N–H and O–H groups in total. The first-order valence-electron chi connectivity index (χ1n) is 9.35. The molecule has 0 fully saturated rings. The first-order valence-corrected chi connectivity index (χ1v) is 10.3. The van der Waals surface area contributed by atoms with Crippen molar-refractivity contribution in [3.05, 3.63) is 59.4 Å². The number of thioether (sulfide) groups is 1. The fraction of sp³-hybridized carbons (Fsp3) is 0.273. The molecule has 6 nitrogen and oxygen atoms in total. The van der Waals surface area contributed by atoms with E-state index in [4.69, 9.17) is 14.0 Å². The van der Waals surface area contributed by atoms with Crippen LogP contribution in [0.2, 0.25) is 0 Å². The maximum atomic E-state index is 12.7. The van der Waals surface area contributed by atoms with Crippen LogP contribution in [0.4, 0.5) is 13.2 Å². The molecule has 0 saturated carbocycles. The summed E-state index contributed by atoms with van der Waals surface area (Å²) in [5, 5.41) is 3.95. The number of rotatable bonds is 8. The number of benzene rings is 2. The number of methoxy groups -OCH3 is 2. The number of hydrogen-bond acceptors (Lipinski definition) is 7. The minimum absolute atomic E-state index is 0.211. The van der Waals surface area contributed by atoms with Crippen LogP contribution in [0, 0.1) is 6.92 Å². The van der Waals surface area contributed by atoms with Crippen molar-refractivity contribution < 1.29 is 36.7 Å². The zero-order valence-electron chi connectivity index (χ0n) is 17.5. The van der Waals surface area contributed by atoms with Crippen LogP contribution in [-0.2, 0) is 21.5 Å². The van der Waals surface area contributed by atoms with Gasteiger partial charge in [-0.2, -0.15) is 13.2 Å². The van der Waals surface area contributed by atoms with E-state index in [9.17, 15) is 18.0 Å². The van der Waals surface area contributed by atoms with Gasteiger partial charge in [0.05, 0.1) is 30.4 Å². The monoisotopic (exact) mass is 467 g/mol. The zero-order valence-corrected chi connectivity index (χ0v) is 18.3. The van der Waals surface area contributed by atoms with E-state index >= 15 is 0 Å². The van der Waals surface area contributed by atoms with Gasteiger partial charge < -0.3 is 18.7 Å². The topological polar surface area (TPSA) is 70.8 Å². The predicted octanol–water partition coefficient (Wildman–Crippen LogP) is 5.52. The van der Waals surface area contributed by atoms with Gasteiger partial charge >= 0.3 is 12.1 Å². The Labute approximate surface area is 186 Å². The molecular weight excluding hydrogens is 447 g/mol. The summed E-state index contributed by atoms with van der Waals surface area (Å²) in [7, 11) is 2.81. The van der Waals surface area contributed by atoms with Crippen LogP contribution in [0.1, 0.15) is 16.9 Å². The summed E-state index contributed by atoms with van der Waals surface area (Å²) in [6.07, 6.45) is -4.39. The van der Waals surface area contributed by atoms with Crippen LogP contribution >= 0.6 is 11.8 Å². The van der Waals surface area contributed by atoms with Gasteiger partial charge in [0.25, 0.3) is 0 Å². The number of hydrogen-bond donors (Lipinski definition) is 0. The van der Waals surface area contributed by atoms with Gasteiger partial charge in [0.15, 0.2) is 6.61 Å². The molecule has 1 heterocycles. The Bertz CT molecular complexity index is 1080. The molecule has 32 heavy (non-hydrogen) atoms. The Morgan fingerprint density at radius 2 is 1.81 bits per heavy atom. The number of carbonyl (C=O) groups excluding carboxylic acids is 1. The highest BCUT2D eigenvalue weighted by molar-refractivity contribution is 7.98. The first-order chi connectivity index (χ1) is 15.2. The molecule has 0 aliphatic carbocycles. The van der Waals surface area contributed by atoms with Gasteiger partial charge in [-0.05, 0) is 30.7 Å². The lowest BCUT2D eigenvalue weighted by Crippen LogP contribution is -2.13. The average molecular weight is 467 g/mol. The second kappa shape index (κ2) is 9.99. The molecule has 0 radical (unpaired) electrons. The Kier molecular flexibility index (Phi) is 7.34. The second-order valence-electron chi connectivity index (χ2n) is 6.68. The standard InChI is InChI=1S/C22H20F3NO5S/c1-13-8-20(19(28-2)10-18(13)30-11-21(27)29-3)32-12-16-9-17(26-31-16)14-4-6-15(7-5-14)22(23,24)25/h4-10H,11-12H2,1-3H3. The van der Waals surface area contributed by atoms with Crippen LogP contribution in [0.5, 0.6) is 11.5 Å². The lowest BCUT2D eigenvalue weighted by molar-refractivity contribution is -0.143. The van der Waals surface area contributed by atoms with E-state index in [-0.39, 0.29) is 6.61 Å². The Hall–Kier alpha value is -3.14. The number of nitrogens with zero attached hydrogens (tertiary/aromatic N) is 1. The highest BCUT2D eigenvalue weighted by Crippen LogP contribution is 2.37. The highest BCUT2D eigenvalue weighted by atomic mass is 32.2. The van der Waals surface area contributed by atoms with Crippen LogP contribution in [0.25, 0.3) is 11.3 Å². The fourth-order valence-electron chi connectivity index (χ4n) is 2.76. The molecule has 10 heteroatoms. The van der Waals surface area contributed by atoms with Crippen molar-refractivity contribution >= 4 is 17.7 Å². The quantitative estimate of drug-likeness (QED) is 0.319. The SMILES string of the molecule is COC(=O)COc1cc(OC)c(SCc2cc(-c3ccc(C(F)(F)F)cc3)no2)cc1C. The molecule has 0 spiro atoms. The summed E-state index contributed by atoms with van der Waals surface area (Å²) in [4.78, 5) is 12.1. The lowest BCUT2D eigenvalue weighted by Gasteiger charge is -2.13. The number of esters is 1. The van der Waals surface area contributed by atoms with E-state index in [1.807, 2.05) is 13.0 Å². The predicted molar refractivity (Wildman–Crippen MR) is 112 cm³/mol. The van der Waals surface area contributed by atoms with Crippen LogP contribution in [-0.4, -0.2) is 32.0 Å². The normalized spacial score (nSPS) is 11.3. The van der Waals surface area contributed by atoms with Gasteiger partial charge in [0, 0.05) is 17.7 Å². The molecule has 0 amide bonds. The molecule has 0 aliphatic heterocycles. The van der Waals surface area contributed by atoms with Gasteiger partial charge in [-0.3, -0.25) is 0 Å². The van der Waals surface area contributed by atoms with Gasteiger partial charge in [-0.25, -0.2) is 4.79 Å². The van der Waals surface area contributed by atoms with Crippen LogP contribution < -0.4 is 9.47 Å². The summed E-state index contributed by atoms with van der Waals surface area (Å²) in [6, 6.07) is 9.97. The van der Waals surface area contributed by atoms with E-state index < -0.39 is 17.7 Å². The van der Waals surface area contributed by atoms with E-state index in [0.717, 1.165) is 22.6 Å². The van der Waals surface area contributed by atoms with Gasteiger partial charge in [-0.15, -0.1) is 11.8 Å². The molecule has 3 rings (SSSR count). The molecule has 170 valence electrons. The number of carbonyl (C=O) groups is 1. The van der Waals surface area contributed by atoms with E-state index in [2.05, 4.69) is 9.89 Å². The zero-order chi connectivity index (χ0) is 23.3. The second-order valence-corrected chi connectivity index (χ2v) is 7.69. The minimum Gasteiger partial charge on any atom is -0.495 e. The molecule has 3 aromatic rings. The molecule has 0 saturated heterocycles. The summed E-state index contributed by atoms with van der Waals surface area (Å²) < 4.78 is 59.0. The Morgan fingerprint density at radius 1 is 1.09 bits per heavy atom. The van der Waals surface area contributed by atoms with Crippen LogP contribution in [0.3, 0.4) is 0 Å². The number of ether oxygens (including phenoxy) is 3. The highest BCUT2D eigenvalue weighted by Gasteiger charge is 2.30. The number of aryl methyl sites for hydroxylation is 1. The molecule has 0 bridgehead atoms. The number of halogens is 3. The van der Waals surface area contributed by atoms with Crippen molar-refractivity contribution in [2.75, 3.05) is 20.8 Å². The number of alkyl halides is 3. The fourth-order valence-corrected chi connectivity index (χ4v) is 3.74. The van der Waals surface area contributed by atoms with Crippen molar-refractivity contribution in [3.63, 3.8) is 0 Å². The van der Waals surface area contributed by atoms with E-state index in [1.165, 1.54) is 38.1 Å². The van der Waals surface area contributed by atoms with E-state index in [1.54, 1.807) is 12.1 Å². The first kappa shape index (κ1) is 23.5. The van der Waals surface area contributed by atoms with E-state index in [0.29, 0.717) is 34.3 Å². The van der Waals surface area contributed by atoms with Crippen molar-refractivity contribution in [3.8, 4) is 22.8 Å². The Balaban J connectivity index is 1.69. The smallest absolute Gasteiger partial charge is 0.416 e. The minimum atomic E-state index is -4.39. The van der Waals surface area contributed by atoms with Crippen LogP contribution in [0.15, 0.2) is 51.9 Å². The van der Waals surface area contributed by atoms with Crippen molar-refractivity contribution in [2.24, 2.45) is 0 Å². The molecule has 0 unspecified atom stereocenters. The lowest BCUT2D eigenvalue weighted by atomic mass is 10.1. The number of aromatic nitrogens is 1. The van der Waals surface area contributed by atoms with Gasteiger partial charge in [-0.1, -0.05) is 17.3 Å². The summed E-state index contributed by atoms with van der Waals surface area (Å²) in [5.74, 6) is 1.54. The molecule has 2 aromatic carbocycles. The van der Waals surface area contributed by atoms with Crippen molar-refractivity contribution in [2.45, 2.75) is 23.7 Å².